The lowest BCUT2D eigenvalue weighted by Crippen LogP contribution is -2.39. The highest BCUT2D eigenvalue weighted by atomic mass is 79.9. The highest BCUT2D eigenvalue weighted by molar-refractivity contribution is 9.11. The van der Waals surface area contributed by atoms with Crippen LogP contribution in [-0.2, 0) is 10.0 Å². The highest BCUT2D eigenvalue weighted by Gasteiger charge is 2.45. The van der Waals surface area contributed by atoms with Crippen LogP contribution in [-0.4, -0.2) is 25.7 Å². The summed E-state index contributed by atoms with van der Waals surface area (Å²) in [5.74, 6) is 0. The number of sulfonamides is 1. The van der Waals surface area contributed by atoms with E-state index in [0.29, 0.717) is 17.7 Å². The first-order valence-electron chi connectivity index (χ1n) is 4.79. The minimum absolute atomic E-state index is 0.142. The fraction of sp³-hybridized carbons (Fsp3) is 0.556. The van der Waals surface area contributed by atoms with E-state index >= 15 is 0 Å². The van der Waals surface area contributed by atoms with Crippen molar-refractivity contribution in [2.24, 2.45) is 0 Å². The van der Waals surface area contributed by atoms with Gasteiger partial charge in [-0.1, -0.05) is 0 Å². The molecule has 1 aliphatic rings. The Kier molecular flexibility index (Phi) is 3.17. The van der Waals surface area contributed by atoms with E-state index < -0.39 is 15.6 Å². The van der Waals surface area contributed by atoms with Crippen molar-refractivity contribution in [3.8, 4) is 0 Å². The number of aliphatic hydroxyl groups is 1. The monoisotopic (exact) mass is 325 g/mol. The van der Waals surface area contributed by atoms with Crippen LogP contribution in [0, 0.1) is 6.92 Å². The molecule has 4 nitrogen and oxygen atoms in total. The average molecular weight is 326 g/mol. The van der Waals surface area contributed by atoms with Crippen LogP contribution in [0.4, 0.5) is 0 Å². The van der Waals surface area contributed by atoms with E-state index in [-0.39, 0.29) is 6.61 Å². The molecule has 1 fully saturated rings. The molecule has 0 unspecified atom stereocenters. The van der Waals surface area contributed by atoms with Crippen LogP contribution in [0.15, 0.2) is 14.7 Å². The third-order valence-corrected chi connectivity index (χ3v) is 6.03. The van der Waals surface area contributed by atoms with Crippen LogP contribution in [0.1, 0.15) is 17.7 Å². The van der Waals surface area contributed by atoms with Gasteiger partial charge in [0.1, 0.15) is 0 Å². The van der Waals surface area contributed by atoms with Crippen molar-refractivity contribution in [2.45, 2.75) is 30.2 Å². The van der Waals surface area contributed by atoms with Crippen molar-refractivity contribution in [1.82, 2.24) is 4.72 Å². The summed E-state index contributed by atoms with van der Waals surface area (Å²) in [4.78, 5) is 1.04. The molecule has 16 heavy (non-hydrogen) atoms. The van der Waals surface area contributed by atoms with Gasteiger partial charge < -0.3 is 5.11 Å². The molecule has 0 amide bonds. The fourth-order valence-electron chi connectivity index (χ4n) is 1.48. The first-order chi connectivity index (χ1) is 7.38. The van der Waals surface area contributed by atoms with Crippen molar-refractivity contribution in [3.63, 3.8) is 0 Å². The van der Waals surface area contributed by atoms with Gasteiger partial charge in [0.05, 0.1) is 20.8 Å². The molecule has 1 aromatic rings. The molecule has 1 aliphatic carbocycles. The third-order valence-electron chi connectivity index (χ3n) is 2.64. The molecule has 0 aliphatic heterocycles. The van der Waals surface area contributed by atoms with Gasteiger partial charge in [-0.05, 0) is 41.8 Å². The molecule has 0 bridgehead atoms. The van der Waals surface area contributed by atoms with E-state index in [2.05, 4.69) is 20.7 Å². The Balaban J connectivity index is 2.29. The van der Waals surface area contributed by atoms with Crippen LogP contribution in [0.2, 0.25) is 0 Å². The number of halogens is 1. The number of aliphatic hydroxyl groups excluding tert-OH is 1. The third kappa shape index (κ3) is 2.33. The Labute approximate surface area is 107 Å². The summed E-state index contributed by atoms with van der Waals surface area (Å²) in [6.07, 6.45) is 1.40. The lowest BCUT2D eigenvalue weighted by atomic mass is 10.3. The second-order valence-electron chi connectivity index (χ2n) is 4.01. The summed E-state index contributed by atoms with van der Waals surface area (Å²) in [6, 6.07) is 1.59. The average Bonchev–Trinajstić information content (AvgIpc) is 2.85. The molecule has 1 aromatic heterocycles. The summed E-state index contributed by atoms with van der Waals surface area (Å²) in [5.41, 5.74) is -0.611. The maximum Gasteiger partial charge on any atom is 0.242 e. The van der Waals surface area contributed by atoms with Gasteiger partial charge in [0.25, 0.3) is 0 Å². The van der Waals surface area contributed by atoms with E-state index in [1.165, 1.54) is 11.3 Å². The van der Waals surface area contributed by atoms with Gasteiger partial charge in [-0.15, -0.1) is 11.3 Å². The molecular formula is C9H12BrNO3S2. The Morgan fingerprint density at radius 3 is 2.62 bits per heavy atom. The van der Waals surface area contributed by atoms with E-state index in [0.717, 1.165) is 8.66 Å². The summed E-state index contributed by atoms with van der Waals surface area (Å²) in [7, 11) is -3.51. The fourth-order valence-corrected chi connectivity index (χ4v) is 5.35. The Bertz CT molecular complexity index is 505. The van der Waals surface area contributed by atoms with Gasteiger partial charge in [-0.2, -0.15) is 0 Å². The number of hydrogen-bond acceptors (Lipinski definition) is 4. The van der Waals surface area contributed by atoms with Gasteiger partial charge in [0.15, 0.2) is 0 Å². The smallest absolute Gasteiger partial charge is 0.242 e. The minimum Gasteiger partial charge on any atom is -0.394 e. The summed E-state index contributed by atoms with van der Waals surface area (Å²) >= 11 is 4.65. The zero-order chi connectivity index (χ0) is 12.0. The molecule has 0 aromatic carbocycles. The zero-order valence-corrected chi connectivity index (χ0v) is 11.9. The zero-order valence-electron chi connectivity index (χ0n) is 8.66. The van der Waals surface area contributed by atoms with Crippen LogP contribution < -0.4 is 4.72 Å². The number of thiophene rings is 1. The largest absolute Gasteiger partial charge is 0.394 e. The van der Waals surface area contributed by atoms with Crippen molar-refractivity contribution in [3.05, 3.63) is 14.7 Å². The van der Waals surface area contributed by atoms with E-state index in [4.69, 9.17) is 5.11 Å². The first kappa shape index (κ1) is 12.5. The first-order valence-corrected chi connectivity index (χ1v) is 7.89. The van der Waals surface area contributed by atoms with E-state index in [1.54, 1.807) is 13.0 Å². The lowest BCUT2D eigenvalue weighted by molar-refractivity contribution is 0.246. The predicted octanol–water partition coefficient (Wildman–Crippen LogP) is 1.62. The number of hydrogen-bond donors (Lipinski definition) is 2. The Morgan fingerprint density at radius 2 is 2.25 bits per heavy atom. The number of nitrogens with one attached hydrogen (secondary N) is 1. The highest BCUT2D eigenvalue weighted by Crippen LogP contribution is 2.37. The van der Waals surface area contributed by atoms with Crippen LogP contribution in [0.25, 0.3) is 0 Å². The van der Waals surface area contributed by atoms with Crippen LogP contribution in [0.5, 0.6) is 0 Å². The minimum atomic E-state index is -3.51. The molecule has 0 radical (unpaired) electrons. The molecule has 90 valence electrons. The van der Waals surface area contributed by atoms with Crippen molar-refractivity contribution in [2.75, 3.05) is 6.61 Å². The maximum atomic E-state index is 12.0. The van der Waals surface area contributed by atoms with Crippen LogP contribution in [0.3, 0.4) is 0 Å². The molecule has 1 heterocycles. The van der Waals surface area contributed by atoms with Crippen molar-refractivity contribution < 1.29 is 13.5 Å². The number of rotatable bonds is 4. The summed E-state index contributed by atoms with van der Waals surface area (Å²) < 4.78 is 27.5. The molecule has 0 atom stereocenters. The second kappa shape index (κ2) is 4.06. The predicted molar refractivity (Wildman–Crippen MR) is 66.1 cm³/mol. The standard InChI is InChI=1S/C9H12BrNO3S2/c1-6-7(4-8(10)15-6)16(13,14)11-9(5-12)2-3-9/h4,11-12H,2-3,5H2,1H3. The normalized spacial score (nSPS) is 18.7. The Hall–Kier alpha value is 0.0500. The SMILES string of the molecule is Cc1sc(Br)cc1S(=O)(=O)NC1(CO)CC1. The summed E-state index contributed by atoms with van der Waals surface area (Å²) in [6.45, 7) is 1.62. The van der Waals surface area contributed by atoms with E-state index in [1.807, 2.05) is 0 Å². The maximum absolute atomic E-state index is 12.0. The van der Waals surface area contributed by atoms with Crippen molar-refractivity contribution >= 4 is 37.3 Å². The second-order valence-corrected chi connectivity index (χ2v) is 8.30. The molecule has 7 heteroatoms. The van der Waals surface area contributed by atoms with Gasteiger partial charge in [-0.25, -0.2) is 13.1 Å². The van der Waals surface area contributed by atoms with Gasteiger partial charge in [0, 0.05) is 4.88 Å². The van der Waals surface area contributed by atoms with Crippen molar-refractivity contribution in [1.29, 1.82) is 0 Å². The van der Waals surface area contributed by atoms with Gasteiger partial charge in [0.2, 0.25) is 10.0 Å². The number of aryl methyl sites for hydroxylation is 1. The molecule has 0 spiro atoms. The lowest BCUT2D eigenvalue weighted by Gasteiger charge is -2.14. The molecule has 0 saturated heterocycles. The molecule has 2 N–H and O–H groups in total. The summed E-state index contributed by atoms with van der Waals surface area (Å²) in [5, 5.41) is 9.11. The van der Waals surface area contributed by atoms with E-state index in [9.17, 15) is 8.42 Å². The van der Waals surface area contributed by atoms with Crippen LogP contribution >= 0.6 is 27.3 Å². The molecule has 1 saturated carbocycles. The molecular weight excluding hydrogens is 314 g/mol. The Morgan fingerprint density at radius 1 is 1.62 bits per heavy atom. The van der Waals surface area contributed by atoms with Gasteiger partial charge >= 0.3 is 0 Å². The topological polar surface area (TPSA) is 66.4 Å². The van der Waals surface area contributed by atoms with Gasteiger partial charge in [-0.3, -0.25) is 0 Å². The molecule has 2 rings (SSSR count). The quantitative estimate of drug-likeness (QED) is 0.884.